The van der Waals surface area contributed by atoms with E-state index in [1.54, 1.807) is 6.07 Å². The molecule has 0 spiro atoms. The molecule has 0 radical (unpaired) electrons. The quantitative estimate of drug-likeness (QED) is 0.593. The molecule has 7 heteroatoms. The summed E-state index contributed by atoms with van der Waals surface area (Å²) in [6.45, 7) is 0.620. The Balaban J connectivity index is 2.33. The molecule has 120 valence electrons. The Bertz CT molecular complexity index is 435. The lowest BCUT2D eigenvalue weighted by Gasteiger charge is -2.11. The number of nitrogens with two attached hydrogens (primary N) is 1. The molecule has 1 aromatic carbocycles. The summed E-state index contributed by atoms with van der Waals surface area (Å²) in [6, 6.07) is 4.17. The second kappa shape index (κ2) is 8.19. The maximum Gasteiger partial charge on any atom is 0.411 e. The molecule has 0 fully saturated rings. The van der Waals surface area contributed by atoms with E-state index in [0.717, 1.165) is 0 Å². The highest BCUT2D eigenvalue weighted by molar-refractivity contribution is 5.30. The van der Waals surface area contributed by atoms with Gasteiger partial charge in [-0.1, -0.05) is 0 Å². The molecule has 0 aliphatic heterocycles. The van der Waals surface area contributed by atoms with Crippen molar-refractivity contribution in [2.45, 2.75) is 32.0 Å². The maximum absolute atomic E-state index is 13.4. The van der Waals surface area contributed by atoms with Crippen LogP contribution in [0, 0.1) is 5.82 Å². The third kappa shape index (κ3) is 8.52. The number of benzene rings is 1. The minimum absolute atomic E-state index is 0.0679. The lowest BCUT2D eigenvalue weighted by Crippen LogP contribution is -2.18. The molecule has 0 bridgehead atoms. The molecule has 0 amide bonds. The average Bonchev–Trinajstić information content (AvgIpc) is 2.30. The van der Waals surface area contributed by atoms with Gasteiger partial charge < -0.3 is 15.2 Å². The summed E-state index contributed by atoms with van der Waals surface area (Å²) in [5.41, 5.74) is 6.36. The fourth-order valence-electron chi connectivity index (χ4n) is 1.73. The Labute approximate surface area is 121 Å². The zero-order valence-corrected chi connectivity index (χ0v) is 11.8. The van der Waals surface area contributed by atoms with Crippen LogP contribution in [0.25, 0.3) is 0 Å². The summed E-state index contributed by atoms with van der Waals surface area (Å²) in [6.07, 6.45) is -3.52. The van der Waals surface area contributed by atoms with Crippen molar-refractivity contribution in [2.24, 2.45) is 5.73 Å². The number of hydrogen-bond donors (Lipinski definition) is 1. The predicted octanol–water partition coefficient (Wildman–Crippen LogP) is 3.06. The highest BCUT2D eigenvalue weighted by atomic mass is 19.4. The minimum atomic E-state index is -4.32. The van der Waals surface area contributed by atoms with Crippen molar-refractivity contribution in [2.75, 3.05) is 19.8 Å². The van der Waals surface area contributed by atoms with Crippen LogP contribution in [0.4, 0.5) is 17.6 Å². The Hall–Kier alpha value is -1.34. The first-order valence-corrected chi connectivity index (χ1v) is 6.58. The molecule has 0 saturated carbocycles. The highest BCUT2D eigenvalue weighted by Gasteiger charge is 2.27. The molecule has 0 aliphatic rings. The van der Waals surface area contributed by atoms with Crippen LogP contribution in [0.1, 0.15) is 18.9 Å². The third-order valence-corrected chi connectivity index (χ3v) is 2.46. The molecule has 1 aromatic rings. The first-order valence-electron chi connectivity index (χ1n) is 6.58. The van der Waals surface area contributed by atoms with Gasteiger partial charge in [0.25, 0.3) is 0 Å². The smallest absolute Gasteiger partial charge is 0.411 e. The van der Waals surface area contributed by atoms with Crippen LogP contribution in [0.5, 0.6) is 5.75 Å². The van der Waals surface area contributed by atoms with E-state index < -0.39 is 18.6 Å². The summed E-state index contributed by atoms with van der Waals surface area (Å²) in [4.78, 5) is 0. The van der Waals surface area contributed by atoms with Crippen LogP contribution < -0.4 is 10.5 Å². The van der Waals surface area contributed by atoms with Crippen LogP contribution in [-0.2, 0) is 11.2 Å². The Morgan fingerprint density at radius 2 is 1.90 bits per heavy atom. The van der Waals surface area contributed by atoms with Crippen molar-refractivity contribution in [3.63, 3.8) is 0 Å². The minimum Gasteiger partial charge on any atom is -0.493 e. The van der Waals surface area contributed by atoms with Crippen LogP contribution in [0.15, 0.2) is 18.2 Å². The van der Waals surface area contributed by atoms with Gasteiger partial charge in [0.2, 0.25) is 0 Å². The van der Waals surface area contributed by atoms with Crippen molar-refractivity contribution >= 4 is 0 Å². The van der Waals surface area contributed by atoms with E-state index in [-0.39, 0.29) is 25.7 Å². The van der Waals surface area contributed by atoms with E-state index in [9.17, 15) is 17.6 Å². The number of hydrogen-bond acceptors (Lipinski definition) is 3. The lowest BCUT2D eigenvalue weighted by atomic mass is 10.1. The van der Waals surface area contributed by atoms with Gasteiger partial charge in [-0.15, -0.1) is 0 Å². The first-order chi connectivity index (χ1) is 9.76. The number of alkyl halides is 3. The van der Waals surface area contributed by atoms with Crippen LogP contribution in [0.2, 0.25) is 0 Å². The van der Waals surface area contributed by atoms with Crippen molar-refractivity contribution in [3.8, 4) is 5.75 Å². The maximum atomic E-state index is 13.4. The van der Waals surface area contributed by atoms with Gasteiger partial charge in [0.05, 0.1) is 13.2 Å². The zero-order valence-electron chi connectivity index (χ0n) is 11.8. The Morgan fingerprint density at radius 1 is 1.19 bits per heavy atom. The lowest BCUT2D eigenvalue weighted by molar-refractivity contribution is -0.174. The largest absolute Gasteiger partial charge is 0.493 e. The zero-order chi connectivity index (χ0) is 15.9. The van der Waals surface area contributed by atoms with Crippen molar-refractivity contribution in [1.29, 1.82) is 0 Å². The predicted molar refractivity (Wildman–Crippen MR) is 70.7 cm³/mol. The molecule has 0 aliphatic carbocycles. The Morgan fingerprint density at radius 3 is 2.52 bits per heavy atom. The molecule has 0 saturated heterocycles. The molecule has 2 N–H and O–H groups in total. The molecule has 1 atom stereocenters. The highest BCUT2D eigenvalue weighted by Crippen LogP contribution is 2.18. The number of halogens is 4. The normalized spacial score (nSPS) is 13.2. The second-order valence-electron chi connectivity index (χ2n) is 4.85. The van der Waals surface area contributed by atoms with Crippen molar-refractivity contribution in [1.82, 2.24) is 0 Å². The van der Waals surface area contributed by atoms with E-state index in [0.29, 0.717) is 17.7 Å². The molecular formula is C14H19F4NO2. The van der Waals surface area contributed by atoms with Gasteiger partial charge in [-0.05, 0) is 31.0 Å². The summed E-state index contributed by atoms with van der Waals surface area (Å²) in [7, 11) is 0. The van der Waals surface area contributed by atoms with Gasteiger partial charge >= 0.3 is 6.18 Å². The Kier molecular flexibility index (Phi) is 6.91. The van der Waals surface area contributed by atoms with E-state index in [1.807, 2.05) is 6.92 Å². The molecule has 1 rings (SSSR count). The molecule has 21 heavy (non-hydrogen) atoms. The summed E-state index contributed by atoms with van der Waals surface area (Å²) in [5.74, 6) is -0.0991. The van der Waals surface area contributed by atoms with Crippen molar-refractivity contribution in [3.05, 3.63) is 29.6 Å². The standard InChI is InChI=1S/C14H19F4NO2/c1-10(19)5-11-6-12(15)8-13(7-11)21-4-2-3-20-9-14(16,17)18/h6-8,10H,2-5,9,19H2,1H3. The SMILES string of the molecule is CC(N)Cc1cc(F)cc(OCCCOCC(F)(F)F)c1. The van der Waals surface area contributed by atoms with Crippen molar-refractivity contribution < 1.29 is 27.0 Å². The molecule has 0 aromatic heterocycles. The van der Waals surface area contributed by atoms with Gasteiger partial charge in [-0.3, -0.25) is 0 Å². The number of ether oxygens (including phenoxy) is 2. The van der Waals surface area contributed by atoms with E-state index in [4.69, 9.17) is 10.5 Å². The van der Waals surface area contributed by atoms with E-state index in [2.05, 4.69) is 4.74 Å². The van der Waals surface area contributed by atoms with Crippen LogP contribution in [0.3, 0.4) is 0 Å². The summed E-state index contributed by atoms with van der Waals surface area (Å²) >= 11 is 0. The number of rotatable bonds is 8. The second-order valence-corrected chi connectivity index (χ2v) is 4.85. The van der Waals surface area contributed by atoms with Crippen LogP contribution in [-0.4, -0.2) is 32.0 Å². The summed E-state index contributed by atoms with van der Waals surface area (Å²) in [5, 5.41) is 0. The fourth-order valence-corrected chi connectivity index (χ4v) is 1.73. The third-order valence-electron chi connectivity index (χ3n) is 2.46. The van der Waals surface area contributed by atoms with Gasteiger partial charge in [-0.2, -0.15) is 13.2 Å². The topological polar surface area (TPSA) is 44.5 Å². The van der Waals surface area contributed by atoms with E-state index in [1.165, 1.54) is 12.1 Å². The summed E-state index contributed by atoms with van der Waals surface area (Å²) < 4.78 is 58.6. The fraction of sp³-hybridized carbons (Fsp3) is 0.571. The molecule has 1 unspecified atom stereocenters. The van der Waals surface area contributed by atoms with Gasteiger partial charge in [0.15, 0.2) is 0 Å². The average molecular weight is 309 g/mol. The molecule has 0 heterocycles. The van der Waals surface area contributed by atoms with Crippen LogP contribution >= 0.6 is 0 Å². The molecular weight excluding hydrogens is 290 g/mol. The first kappa shape index (κ1) is 17.7. The van der Waals surface area contributed by atoms with Gasteiger partial charge in [0, 0.05) is 18.5 Å². The monoisotopic (exact) mass is 309 g/mol. The van der Waals surface area contributed by atoms with Gasteiger partial charge in [0.1, 0.15) is 18.2 Å². The van der Waals surface area contributed by atoms with E-state index >= 15 is 0 Å². The molecule has 3 nitrogen and oxygen atoms in total. The van der Waals surface area contributed by atoms with Gasteiger partial charge in [-0.25, -0.2) is 4.39 Å².